The quantitative estimate of drug-likeness (QED) is 0.109. The molecule has 6 rings (SSSR count). The summed E-state index contributed by atoms with van der Waals surface area (Å²) in [6.45, 7) is 20.7. The summed E-state index contributed by atoms with van der Waals surface area (Å²) in [6, 6.07) is 6.11. The van der Waals surface area contributed by atoms with Crippen molar-refractivity contribution in [2.24, 2.45) is 61.8 Å². The van der Waals surface area contributed by atoms with Gasteiger partial charge in [0.25, 0.3) is 0 Å². The van der Waals surface area contributed by atoms with E-state index in [0.717, 1.165) is 44.9 Å². The predicted octanol–water partition coefficient (Wildman–Crippen LogP) is 9.12. The minimum absolute atomic E-state index is 0.00839. The number of ether oxygens (including phenoxy) is 1. The van der Waals surface area contributed by atoms with Crippen molar-refractivity contribution >= 4 is 24.1 Å². The Morgan fingerprint density at radius 1 is 0.851 bits per heavy atom. The number of esters is 1. The lowest BCUT2D eigenvalue weighted by atomic mass is 9.32. The Balaban J connectivity index is 1.29. The van der Waals surface area contributed by atoms with Gasteiger partial charge in [-0.05, 0) is 129 Å². The van der Waals surface area contributed by atoms with E-state index < -0.39 is 11.9 Å². The molecule has 1 aromatic carbocycles. The van der Waals surface area contributed by atoms with Crippen LogP contribution in [0.4, 0.5) is 0 Å². The van der Waals surface area contributed by atoms with Crippen LogP contribution in [-0.2, 0) is 14.4 Å². The van der Waals surface area contributed by atoms with Gasteiger partial charge in [0.05, 0.1) is 17.3 Å². The summed E-state index contributed by atoms with van der Waals surface area (Å²) in [5.41, 5.74) is 1.44. The summed E-state index contributed by atoms with van der Waals surface area (Å²) >= 11 is 0. The standard InChI is InChI=1S/C40H55NO6/c1-24(2)26-15-20-40(23-41-47-35(45)28-12-10-9-11-27(28)34(43)44)22-21-38(7)29(33(26)40)13-14-31-37(6)18-17-32(46-25(3)42)36(4,5)30(37)16-19-39(31,38)8/h9-12,23,26,29-33H,1,13-22H2,2-8H3,(H,43,44). The number of oxime groups is 1. The Morgan fingerprint density at radius 3 is 2.21 bits per heavy atom. The van der Waals surface area contributed by atoms with E-state index in [0.29, 0.717) is 29.6 Å². The molecule has 256 valence electrons. The van der Waals surface area contributed by atoms with Crippen molar-refractivity contribution in [3.05, 3.63) is 47.5 Å². The van der Waals surface area contributed by atoms with E-state index in [9.17, 15) is 19.5 Å². The second-order valence-electron chi connectivity index (χ2n) is 17.3. The van der Waals surface area contributed by atoms with Crippen LogP contribution in [0.5, 0.6) is 0 Å². The molecular formula is C40H55NO6. The molecule has 5 fully saturated rings. The number of nitrogens with zero attached hydrogens (tertiary/aromatic N) is 1. The van der Waals surface area contributed by atoms with Gasteiger partial charge in [0.15, 0.2) is 0 Å². The number of hydrogen-bond acceptors (Lipinski definition) is 6. The van der Waals surface area contributed by atoms with E-state index >= 15 is 0 Å². The largest absolute Gasteiger partial charge is 0.478 e. The number of rotatable bonds is 6. The molecule has 5 aliphatic carbocycles. The van der Waals surface area contributed by atoms with Crippen LogP contribution in [0.3, 0.4) is 0 Å². The maximum absolute atomic E-state index is 13.0. The van der Waals surface area contributed by atoms with E-state index in [1.807, 2.05) is 6.21 Å². The summed E-state index contributed by atoms with van der Waals surface area (Å²) in [4.78, 5) is 42.1. The number of allylic oxidation sites excluding steroid dienone is 1. The molecule has 5 saturated carbocycles. The van der Waals surface area contributed by atoms with Gasteiger partial charge in [0, 0.05) is 17.8 Å². The Bertz CT molecular complexity index is 1500. The predicted molar refractivity (Wildman–Crippen MR) is 182 cm³/mol. The Morgan fingerprint density at radius 2 is 1.55 bits per heavy atom. The van der Waals surface area contributed by atoms with Gasteiger partial charge >= 0.3 is 17.9 Å². The molecule has 47 heavy (non-hydrogen) atoms. The van der Waals surface area contributed by atoms with Gasteiger partial charge in [-0.15, -0.1) is 0 Å². The van der Waals surface area contributed by atoms with E-state index in [4.69, 9.17) is 9.57 Å². The molecule has 5 aliphatic rings. The first-order chi connectivity index (χ1) is 22.0. The van der Waals surface area contributed by atoms with Crippen molar-refractivity contribution in [2.75, 3.05) is 0 Å². The van der Waals surface area contributed by atoms with Crippen LogP contribution in [0.2, 0.25) is 0 Å². The zero-order chi connectivity index (χ0) is 34.2. The fourth-order valence-corrected chi connectivity index (χ4v) is 12.9. The van der Waals surface area contributed by atoms with E-state index in [1.165, 1.54) is 37.0 Å². The van der Waals surface area contributed by atoms with Crippen molar-refractivity contribution < 1.29 is 29.1 Å². The first-order valence-electron chi connectivity index (χ1n) is 17.9. The number of carboxylic acids is 1. The molecule has 1 N–H and O–H groups in total. The normalized spacial score (nSPS) is 41.9. The lowest BCUT2D eigenvalue weighted by Gasteiger charge is -2.72. The van der Waals surface area contributed by atoms with Crippen molar-refractivity contribution in [1.29, 1.82) is 0 Å². The highest BCUT2D eigenvalue weighted by molar-refractivity contribution is 6.02. The molecule has 10 atom stereocenters. The van der Waals surface area contributed by atoms with Crippen LogP contribution in [0.25, 0.3) is 0 Å². The molecule has 0 radical (unpaired) electrons. The van der Waals surface area contributed by atoms with Crippen LogP contribution in [0.1, 0.15) is 133 Å². The Hall–Kier alpha value is -2.96. The minimum Gasteiger partial charge on any atom is -0.478 e. The summed E-state index contributed by atoms with van der Waals surface area (Å²) in [7, 11) is 0. The van der Waals surface area contributed by atoms with Crippen molar-refractivity contribution in [3.63, 3.8) is 0 Å². The third kappa shape index (κ3) is 5.03. The molecule has 0 bridgehead atoms. The summed E-state index contributed by atoms with van der Waals surface area (Å²) in [5, 5.41) is 13.9. The maximum atomic E-state index is 13.0. The van der Waals surface area contributed by atoms with Crippen molar-refractivity contribution in [3.8, 4) is 0 Å². The summed E-state index contributed by atoms with van der Waals surface area (Å²) in [5.74, 6) is 0.295. The number of hydrogen-bond donors (Lipinski definition) is 1. The average Bonchev–Trinajstić information content (AvgIpc) is 3.39. The molecule has 0 aromatic heterocycles. The Labute approximate surface area is 280 Å². The maximum Gasteiger partial charge on any atom is 0.366 e. The van der Waals surface area contributed by atoms with Gasteiger partial charge in [-0.1, -0.05) is 64.1 Å². The Kier molecular flexibility index (Phi) is 8.36. The zero-order valence-electron chi connectivity index (χ0n) is 29.6. The van der Waals surface area contributed by atoms with Crippen LogP contribution in [0.15, 0.2) is 41.6 Å². The molecule has 0 heterocycles. The lowest BCUT2D eigenvalue weighted by molar-refractivity contribution is -0.246. The second-order valence-corrected chi connectivity index (χ2v) is 17.3. The highest BCUT2D eigenvalue weighted by Crippen LogP contribution is 2.77. The topological polar surface area (TPSA) is 102 Å². The SMILES string of the molecule is C=C(C)C1CCC2(C=NOC(=O)c3ccccc3C(=O)O)CCC3(C)C(CCC4C5(C)CCC(OC(C)=O)C(C)(C)C5CCC43C)C12. The summed E-state index contributed by atoms with van der Waals surface area (Å²) in [6.07, 6.45) is 12.8. The van der Waals surface area contributed by atoms with Crippen LogP contribution in [-0.4, -0.2) is 35.3 Å². The monoisotopic (exact) mass is 645 g/mol. The number of carbonyl (C=O) groups excluding carboxylic acids is 2. The highest BCUT2D eigenvalue weighted by Gasteiger charge is 2.71. The second kappa shape index (κ2) is 11.6. The molecule has 0 spiro atoms. The third-order valence-electron chi connectivity index (χ3n) is 15.2. The molecule has 0 aliphatic heterocycles. The number of fused-ring (bicyclic) bond motifs is 7. The molecule has 0 saturated heterocycles. The fraction of sp³-hybridized carbons (Fsp3) is 0.700. The van der Waals surface area contributed by atoms with Crippen molar-refractivity contribution in [2.45, 2.75) is 119 Å². The number of benzene rings is 1. The van der Waals surface area contributed by atoms with Crippen molar-refractivity contribution in [1.82, 2.24) is 0 Å². The van der Waals surface area contributed by atoms with Crippen LogP contribution >= 0.6 is 0 Å². The van der Waals surface area contributed by atoms with Gasteiger partial charge in [0.2, 0.25) is 0 Å². The molecule has 0 amide bonds. The molecule has 7 heteroatoms. The number of aromatic carboxylic acids is 1. The van der Waals surface area contributed by atoms with Gasteiger partial charge < -0.3 is 14.7 Å². The van der Waals surface area contributed by atoms with E-state index in [2.05, 4.69) is 53.3 Å². The lowest BCUT2D eigenvalue weighted by Crippen LogP contribution is -2.66. The fourth-order valence-electron chi connectivity index (χ4n) is 12.9. The summed E-state index contributed by atoms with van der Waals surface area (Å²) < 4.78 is 5.93. The van der Waals surface area contributed by atoms with Gasteiger partial charge in [-0.2, -0.15) is 0 Å². The van der Waals surface area contributed by atoms with Gasteiger partial charge in [-0.3, -0.25) is 4.79 Å². The molecule has 10 unspecified atom stereocenters. The third-order valence-corrected chi connectivity index (χ3v) is 15.2. The molecule has 1 aromatic rings. The zero-order valence-corrected chi connectivity index (χ0v) is 29.6. The van der Waals surface area contributed by atoms with E-state index in [1.54, 1.807) is 19.1 Å². The van der Waals surface area contributed by atoms with E-state index in [-0.39, 0.29) is 50.3 Å². The first kappa shape index (κ1) is 33.9. The van der Waals surface area contributed by atoms with Crippen LogP contribution < -0.4 is 0 Å². The number of carbonyl (C=O) groups is 3. The van der Waals surface area contributed by atoms with Crippen LogP contribution in [0, 0.1) is 56.7 Å². The minimum atomic E-state index is -1.17. The molecular weight excluding hydrogens is 590 g/mol. The van der Waals surface area contributed by atoms with Gasteiger partial charge in [-0.25, -0.2) is 9.59 Å². The smallest absolute Gasteiger partial charge is 0.366 e. The average molecular weight is 646 g/mol. The first-order valence-corrected chi connectivity index (χ1v) is 17.9. The van der Waals surface area contributed by atoms with Gasteiger partial charge in [0.1, 0.15) is 6.10 Å². The highest BCUT2D eigenvalue weighted by atomic mass is 16.7. The number of carboxylic acid groups (broad SMARTS) is 1. The molecule has 7 nitrogen and oxygen atoms in total.